The summed E-state index contributed by atoms with van der Waals surface area (Å²) in [5.41, 5.74) is 3.49. The number of aliphatic hydroxyl groups is 1. The summed E-state index contributed by atoms with van der Waals surface area (Å²) in [6.45, 7) is 2.98. The fourth-order valence-corrected chi connectivity index (χ4v) is 2.99. The monoisotopic (exact) mass is 275 g/mol. The van der Waals surface area contributed by atoms with E-state index in [4.69, 9.17) is 5.11 Å². The van der Waals surface area contributed by atoms with E-state index in [-0.39, 0.29) is 12.5 Å². The summed E-state index contributed by atoms with van der Waals surface area (Å²) in [7, 11) is 0. The molecule has 0 spiro atoms. The highest BCUT2D eigenvalue weighted by Crippen LogP contribution is 2.22. The number of nitrogens with one attached hydrogen (secondary N) is 1. The van der Waals surface area contributed by atoms with Gasteiger partial charge in [0.2, 0.25) is 0 Å². The Morgan fingerprint density at radius 3 is 2.85 bits per heavy atom. The highest BCUT2D eigenvalue weighted by Gasteiger charge is 2.15. The van der Waals surface area contributed by atoms with E-state index in [1.807, 2.05) is 12.1 Å². The molecule has 1 aliphatic carbocycles. The van der Waals surface area contributed by atoms with Gasteiger partial charge in [-0.1, -0.05) is 19.4 Å². The molecule has 0 radical (unpaired) electrons. The number of amides is 1. The first kappa shape index (κ1) is 15.0. The van der Waals surface area contributed by atoms with Gasteiger partial charge in [-0.15, -0.1) is 0 Å². The van der Waals surface area contributed by atoms with Gasteiger partial charge < -0.3 is 10.4 Å². The van der Waals surface area contributed by atoms with Gasteiger partial charge in [-0.05, 0) is 61.3 Å². The number of hydrogen-bond donors (Lipinski definition) is 2. The van der Waals surface area contributed by atoms with Gasteiger partial charge >= 0.3 is 0 Å². The molecule has 1 amide bonds. The average molecular weight is 275 g/mol. The molecule has 1 aliphatic rings. The summed E-state index contributed by atoms with van der Waals surface area (Å²) in [6.07, 6.45) is 6.34. The third kappa shape index (κ3) is 3.83. The van der Waals surface area contributed by atoms with Gasteiger partial charge in [-0.2, -0.15) is 0 Å². The molecule has 0 heterocycles. The van der Waals surface area contributed by atoms with E-state index in [0.717, 1.165) is 37.7 Å². The van der Waals surface area contributed by atoms with Crippen molar-refractivity contribution in [3.8, 4) is 0 Å². The van der Waals surface area contributed by atoms with Crippen LogP contribution in [-0.2, 0) is 12.8 Å². The number of fused-ring (bicyclic) bond motifs is 1. The lowest BCUT2D eigenvalue weighted by molar-refractivity contribution is 0.0943. The lowest BCUT2D eigenvalue weighted by Crippen LogP contribution is -2.29. The van der Waals surface area contributed by atoms with E-state index in [1.165, 1.54) is 17.5 Å². The zero-order valence-electron chi connectivity index (χ0n) is 12.3. The van der Waals surface area contributed by atoms with Crippen molar-refractivity contribution in [1.29, 1.82) is 0 Å². The van der Waals surface area contributed by atoms with Crippen LogP contribution in [0.5, 0.6) is 0 Å². The topological polar surface area (TPSA) is 49.3 Å². The van der Waals surface area contributed by atoms with Gasteiger partial charge in [0, 0.05) is 18.7 Å². The highest BCUT2D eigenvalue weighted by molar-refractivity contribution is 5.94. The minimum Gasteiger partial charge on any atom is -0.396 e. The van der Waals surface area contributed by atoms with Crippen LogP contribution in [0, 0.1) is 5.92 Å². The molecule has 0 bridgehead atoms. The smallest absolute Gasteiger partial charge is 0.251 e. The summed E-state index contributed by atoms with van der Waals surface area (Å²) in [5.74, 6) is 0.391. The van der Waals surface area contributed by atoms with Crippen molar-refractivity contribution in [2.45, 2.75) is 45.4 Å². The fourth-order valence-electron chi connectivity index (χ4n) is 2.99. The SMILES string of the molecule is CCCC(CCO)CNC(=O)c1ccc2c(c1)CCC2. The van der Waals surface area contributed by atoms with Crippen LogP contribution >= 0.6 is 0 Å². The van der Waals surface area contributed by atoms with Crippen LogP contribution in [-0.4, -0.2) is 24.2 Å². The molecule has 20 heavy (non-hydrogen) atoms. The molecule has 3 nitrogen and oxygen atoms in total. The molecule has 0 saturated heterocycles. The second kappa shape index (κ2) is 7.44. The Morgan fingerprint density at radius 2 is 2.10 bits per heavy atom. The first-order valence-corrected chi connectivity index (χ1v) is 7.75. The average Bonchev–Trinajstić information content (AvgIpc) is 2.92. The van der Waals surface area contributed by atoms with Gasteiger partial charge in [0.15, 0.2) is 0 Å². The molecule has 2 rings (SSSR count). The van der Waals surface area contributed by atoms with Gasteiger partial charge in [-0.3, -0.25) is 4.79 Å². The number of aliphatic hydroxyl groups excluding tert-OH is 1. The first-order valence-electron chi connectivity index (χ1n) is 7.75. The molecule has 0 aliphatic heterocycles. The normalized spacial score (nSPS) is 14.9. The summed E-state index contributed by atoms with van der Waals surface area (Å²) in [6, 6.07) is 6.06. The predicted molar refractivity (Wildman–Crippen MR) is 80.9 cm³/mol. The third-order valence-electron chi connectivity index (χ3n) is 4.15. The molecule has 1 aromatic rings. The van der Waals surface area contributed by atoms with Crippen LogP contribution in [0.25, 0.3) is 0 Å². The molecule has 2 N–H and O–H groups in total. The fraction of sp³-hybridized carbons (Fsp3) is 0.588. The third-order valence-corrected chi connectivity index (χ3v) is 4.15. The standard InChI is InChI=1S/C17H25NO2/c1-2-4-13(9-10-19)12-18-17(20)16-8-7-14-5-3-6-15(14)11-16/h7-8,11,13,19H,2-6,9-10,12H2,1H3,(H,18,20). The molecule has 0 saturated carbocycles. The lowest BCUT2D eigenvalue weighted by Gasteiger charge is -2.16. The quantitative estimate of drug-likeness (QED) is 0.804. The van der Waals surface area contributed by atoms with E-state index in [9.17, 15) is 4.79 Å². The Labute approximate surface area is 121 Å². The maximum atomic E-state index is 12.2. The van der Waals surface area contributed by atoms with E-state index in [0.29, 0.717) is 12.5 Å². The zero-order chi connectivity index (χ0) is 14.4. The number of aryl methyl sites for hydroxylation is 2. The number of hydrogen-bond acceptors (Lipinski definition) is 2. The largest absolute Gasteiger partial charge is 0.396 e. The minimum absolute atomic E-state index is 0.0127. The van der Waals surface area contributed by atoms with E-state index in [2.05, 4.69) is 18.3 Å². The summed E-state index contributed by atoms with van der Waals surface area (Å²) in [5, 5.41) is 12.0. The first-order chi connectivity index (χ1) is 9.74. The van der Waals surface area contributed by atoms with Crippen molar-refractivity contribution in [1.82, 2.24) is 5.32 Å². The number of benzene rings is 1. The van der Waals surface area contributed by atoms with E-state index >= 15 is 0 Å². The molecule has 3 heteroatoms. The lowest BCUT2D eigenvalue weighted by atomic mass is 10.00. The predicted octanol–water partition coefficient (Wildman–Crippen LogP) is 2.70. The molecular formula is C17H25NO2. The molecule has 1 atom stereocenters. The van der Waals surface area contributed by atoms with Crippen LogP contribution in [0.3, 0.4) is 0 Å². The van der Waals surface area contributed by atoms with Gasteiger partial charge in [0.05, 0.1) is 0 Å². The maximum absolute atomic E-state index is 12.2. The second-order valence-corrected chi connectivity index (χ2v) is 5.71. The molecule has 1 unspecified atom stereocenters. The molecule has 1 aromatic carbocycles. The van der Waals surface area contributed by atoms with E-state index in [1.54, 1.807) is 0 Å². The molecular weight excluding hydrogens is 250 g/mol. The van der Waals surface area contributed by atoms with Crippen molar-refractivity contribution >= 4 is 5.91 Å². The summed E-state index contributed by atoms with van der Waals surface area (Å²) in [4.78, 5) is 12.2. The van der Waals surface area contributed by atoms with Gasteiger partial charge in [0.1, 0.15) is 0 Å². The Bertz CT molecular complexity index is 450. The van der Waals surface area contributed by atoms with Gasteiger partial charge in [0.25, 0.3) is 5.91 Å². The van der Waals surface area contributed by atoms with Gasteiger partial charge in [-0.25, -0.2) is 0 Å². The molecule has 0 fully saturated rings. The van der Waals surface area contributed by atoms with Crippen LogP contribution in [0.2, 0.25) is 0 Å². The van der Waals surface area contributed by atoms with Crippen LogP contribution in [0.4, 0.5) is 0 Å². The van der Waals surface area contributed by atoms with Crippen LogP contribution in [0.1, 0.15) is 54.1 Å². The minimum atomic E-state index is 0.0127. The summed E-state index contributed by atoms with van der Waals surface area (Å²) >= 11 is 0. The van der Waals surface area contributed by atoms with Crippen LogP contribution in [0.15, 0.2) is 18.2 Å². The summed E-state index contributed by atoms with van der Waals surface area (Å²) < 4.78 is 0. The number of carbonyl (C=O) groups excluding carboxylic acids is 1. The highest BCUT2D eigenvalue weighted by atomic mass is 16.3. The van der Waals surface area contributed by atoms with Crippen molar-refractivity contribution in [2.75, 3.05) is 13.2 Å². The van der Waals surface area contributed by atoms with Crippen LogP contribution < -0.4 is 5.32 Å². The van der Waals surface area contributed by atoms with Crippen molar-refractivity contribution in [3.63, 3.8) is 0 Å². The maximum Gasteiger partial charge on any atom is 0.251 e. The molecule has 0 aromatic heterocycles. The van der Waals surface area contributed by atoms with Crippen molar-refractivity contribution < 1.29 is 9.90 Å². The Kier molecular flexibility index (Phi) is 5.60. The Morgan fingerprint density at radius 1 is 1.30 bits per heavy atom. The van der Waals surface area contributed by atoms with E-state index < -0.39 is 0 Å². The zero-order valence-corrected chi connectivity index (χ0v) is 12.3. The van der Waals surface area contributed by atoms with Crippen molar-refractivity contribution in [2.24, 2.45) is 5.92 Å². The number of carbonyl (C=O) groups is 1. The number of rotatable bonds is 7. The van der Waals surface area contributed by atoms with Crippen molar-refractivity contribution in [3.05, 3.63) is 34.9 Å². The Balaban J connectivity index is 1.91. The second-order valence-electron chi connectivity index (χ2n) is 5.71. The Hall–Kier alpha value is -1.35. The molecule has 110 valence electrons.